The SMILES string of the molecule is COc1ccc(Cl)c(-n2cc(Br)cc2C(=O)O)c1. The molecule has 0 aliphatic carbocycles. The fourth-order valence-corrected chi connectivity index (χ4v) is 2.23. The molecule has 18 heavy (non-hydrogen) atoms. The molecule has 0 bridgehead atoms. The first-order chi connectivity index (χ1) is 8.52. The second-order valence-corrected chi connectivity index (χ2v) is 4.86. The average Bonchev–Trinajstić information content (AvgIpc) is 2.72. The molecule has 0 spiro atoms. The summed E-state index contributed by atoms with van der Waals surface area (Å²) in [5, 5.41) is 9.59. The maximum Gasteiger partial charge on any atom is 0.352 e. The summed E-state index contributed by atoms with van der Waals surface area (Å²) in [6, 6.07) is 6.57. The van der Waals surface area contributed by atoms with Gasteiger partial charge in [-0.3, -0.25) is 0 Å². The summed E-state index contributed by atoms with van der Waals surface area (Å²) in [5.41, 5.74) is 0.677. The van der Waals surface area contributed by atoms with E-state index >= 15 is 0 Å². The fraction of sp³-hybridized carbons (Fsp3) is 0.0833. The van der Waals surface area contributed by atoms with Crippen molar-refractivity contribution >= 4 is 33.5 Å². The number of aromatic nitrogens is 1. The van der Waals surface area contributed by atoms with Gasteiger partial charge in [0.05, 0.1) is 17.8 Å². The monoisotopic (exact) mass is 329 g/mol. The lowest BCUT2D eigenvalue weighted by Gasteiger charge is -2.10. The molecule has 2 rings (SSSR count). The van der Waals surface area contributed by atoms with Crippen molar-refractivity contribution in [3.63, 3.8) is 0 Å². The van der Waals surface area contributed by atoms with Crippen molar-refractivity contribution in [2.24, 2.45) is 0 Å². The van der Waals surface area contributed by atoms with Gasteiger partial charge in [-0.1, -0.05) is 11.6 Å². The third-order valence-electron chi connectivity index (χ3n) is 2.42. The smallest absolute Gasteiger partial charge is 0.352 e. The van der Waals surface area contributed by atoms with Crippen LogP contribution in [0.1, 0.15) is 10.5 Å². The molecule has 6 heteroatoms. The van der Waals surface area contributed by atoms with Gasteiger partial charge in [0.25, 0.3) is 0 Å². The second-order valence-electron chi connectivity index (χ2n) is 3.54. The number of hydrogen-bond acceptors (Lipinski definition) is 2. The average molecular weight is 331 g/mol. The zero-order valence-electron chi connectivity index (χ0n) is 9.35. The highest BCUT2D eigenvalue weighted by Crippen LogP contribution is 2.28. The molecular weight excluding hydrogens is 321 g/mol. The summed E-state index contributed by atoms with van der Waals surface area (Å²) in [7, 11) is 1.54. The topological polar surface area (TPSA) is 51.5 Å². The second kappa shape index (κ2) is 5.04. The van der Waals surface area contributed by atoms with Crippen molar-refractivity contribution < 1.29 is 14.6 Å². The molecule has 2 aromatic rings. The van der Waals surface area contributed by atoms with E-state index in [1.165, 1.54) is 17.7 Å². The molecule has 1 aromatic carbocycles. The minimum atomic E-state index is -1.03. The van der Waals surface area contributed by atoms with Crippen molar-refractivity contribution in [3.05, 3.63) is 45.7 Å². The number of hydrogen-bond donors (Lipinski definition) is 1. The molecule has 0 saturated carbocycles. The number of methoxy groups -OCH3 is 1. The lowest BCUT2D eigenvalue weighted by Crippen LogP contribution is -2.06. The Balaban J connectivity index is 2.64. The maximum absolute atomic E-state index is 11.2. The van der Waals surface area contributed by atoms with Gasteiger partial charge in [0, 0.05) is 16.7 Å². The highest BCUT2D eigenvalue weighted by molar-refractivity contribution is 9.10. The number of rotatable bonds is 3. The molecule has 0 aliphatic rings. The largest absolute Gasteiger partial charge is 0.497 e. The Morgan fingerprint density at radius 3 is 2.78 bits per heavy atom. The number of benzene rings is 1. The van der Waals surface area contributed by atoms with Crippen LogP contribution in [0.5, 0.6) is 5.75 Å². The Bertz CT molecular complexity index is 609. The summed E-state index contributed by atoms with van der Waals surface area (Å²) < 4.78 is 7.27. The van der Waals surface area contributed by atoms with Gasteiger partial charge in [-0.05, 0) is 34.1 Å². The van der Waals surface area contributed by atoms with Crippen LogP contribution in [0.4, 0.5) is 0 Å². The van der Waals surface area contributed by atoms with Crippen LogP contribution in [0.3, 0.4) is 0 Å². The summed E-state index contributed by atoms with van der Waals surface area (Å²) in [4.78, 5) is 11.2. The van der Waals surface area contributed by atoms with Crippen LogP contribution >= 0.6 is 27.5 Å². The Morgan fingerprint density at radius 1 is 1.44 bits per heavy atom. The van der Waals surface area contributed by atoms with E-state index in [1.54, 1.807) is 24.4 Å². The van der Waals surface area contributed by atoms with Crippen LogP contribution in [0.15, 0.2) is 34.9 Å². The molecule has 4 nitrogen and oxygen atoms in total. The summed E-state index contributed by atoms with van der Waals surface area (Å²) in [6.45, 7) is 0. The quantitative estimate of drug-likeness (QED) is 0.935. The fourth-order valence-electron chi connectivity index (χ4n) is 1.60. The van der Waals surface area contributed by atoms with Crippen molar-refractivity contribution in [2.75, 3.05) is 7.11 Å². The summed E-state index contributed by atoms with van der Waals surface area (Å²) >= 11 is 9.34. The Hall–Kier alpha value is -1.46. The molecule has 0 aliphatic heterocycles. The number of nitrogens with zero attached hydrogens (tertiary/aromatic N) is 1. The number of aromatic carboxylic acids is 1. The highest BCUT2D eigenvalue weighted by Gasteiger charge is 2.15. The van der Waals surface area contributed by atoms with Gasteiger partial charge in [-0.15, -0.1) is 0 Å². The van der Waals surface area contributed by atoms with Gasteiger partial charge in [0.15, 0.2) is 0 Å². The molecule has 0 radical (unpaired) electrons. The maximum atomic E-state index is 11.2. The van der Waals surface area contributed by atoms with E-state index in [4.69, 9.17) is 21.4 Å². The molecule has 0 amide bonds. The zero-order chi connectivity index (χ0) is 13.3. The zero-order valence-corrected chi connectivity index (χ0v) is 11.7. The Labute approximate surface area is 117 Å². The van der Waals surface area contributed by atoms with Crippen molar-refractivity contribution in [1.82, 2.24) is 4.57 Å². The Kier molecular flexibility index (Phi) is 3.63. The molecule has 0 fully saturated rings. The first kappa shape index (κ1) is 13.0. The van der Waals surface area contributed by atoms with E-state index < -0.39 is 5.97 Å². The molecule has 1 heterocycles. The number of carboxylic acids is 1. The molecule has 0 atom stereocenters. The number of carbonyl (C=O) groups is 1. The predicted octanol–water partition coefficient (Wildman–Crippen LogP) is 3.60. The van der Waals surface area contributed by atoms with Gasteiger partial charge >= 0.3 is 5.97 Å². The minimum Gasteiger partial charge on any atom is -0.497 e. The molecule has 1 aromatic heterocycles. The molecule has 0 saturated heterocycles. The van der Waals surface area contributed by atoms with E-state index in [0.717, 1.165) is 0 Å². The van der Waals surface area contributed by atoms with Crippen LogP contribution in [0.25, 0.3) is 5.69 Å². The van der Waals surface area contributed by atoms with Gasteiger partial charge in [-0.2, -0.15) is 0 Å². The van der Waals surface area contributed by atoms with E-state index in [-0.39, 0.29) is 5.69 Å². The van der Waals surface area contributed by atoms with Gasteiger partial charge < -0.3 is 14.4 Å². The standard InChI is InChI=1S/C12H9BrClNO3/c1-18-8-2-3-9(14)10(5-8)15-6-7(13)4-11(15)12(16)17/h2-6H,1H3,(H,16,17). The van der Waals surface area contributed by atoms with Crippen molar-refractivity contribution in [1.29, 1.82) is 0 Å². The van der Waals surface area contributed by atoms with Gasteiger partial charge in [0.2, 0.25) is 0 Å². The third kappa shape index (κ3) is 2.37. The van der Waals surface area contributed by atoms with Crippen LogP contribution in [-0.2, 0) is 0 Å². The number of ether oxygens (including phenoxy) is 1. The number of halogens is 2. The van der Waals surface area contributed by atoms with Gasteiger partial charge in [-0.25, -0.2) is 4.79 Å². The van der Waals surface area contributed by atoms with Crippen LogP contribution in [0.2, 0.25) is 5.02 Å². The van der Waals surface area contributed by atoms with E-state index in [9.17, 15) is 4.79 Å². The summed E-state index contributed by atoms with van der Waals surface area (Å²) in [6.07, 6.45) is 1.64. The van der Waals surface area contributed by atoms with Crippen LogP contribution in [-0.4, -0.2) is 22.8 Å². The van der Waals surface area contributed by atoms with E-state index in [0.29, 0.717) is 20.9 Å². The third-order valence-corrected chi connectivity index (χ3v) is 3.17. The van der Waals surface area contributed by atoms with E-state index in [1.807, 2.05) is 0 Å². The van der Waals surface area contributed by atoms with Crippen molar-refractivity contribution in [3.8, 4) is 11.4 Å². The minimum absolute atomic E-state index is 0.122. The summed E-state index contributed by atoms with van der Waals surface area (Å²) in [5.74, 6) is -0.421. The Morgan fingerprint density at radius 2 is 2.17 bits per heavy atom. The van der Waals surface area contributed by atoms with E-state index in [2.05, 4.69) is 15.9 Å². The molecule has 94 valence electrons. The molecule has 0 unspecified atom stereocenters. The number of carboxylic acid groups (broad SMARTS) is 1. The van der Waals surface area contributed by atoms with Crippen molar-refractivity contribution in [2.45, 2.75) is 0 Å². The first-order valence-electron chi connectivity index (χ1n) is 4.98. The lowest BCUT2D eigenvalue weighted by atomic mass is 10.3. The molecular formula is C12H9BrClNO3. The van der Waals surface area contributed by atoms with Gasteiger partial charge in [0.1, 0.15) is 11.4 Å². The first-order valence-corrected chi connectivity index (χ1v) is 6.15. The highest BCUT2D eigenvalue weighted by atomic mass is 79.9. The lowest BCUT2D eigenvalue weighted by molar-refractivity contribution is 0.0688. The van der Waals surface area contributed by atoms with Crippen LogP contribution in [0, 0.1) is 0 Å². The molecule has 1 N–H and O–H groups in total. The predicted molar refractivity (Wildman–Crippen MR) is 72.0 cm³/mol. The van der Waals surface area contributed by atoms with Crippen LogP contribution < -0.4 is 4.74 Å². The normalized spacial score (nSPS) is 10.4.